The second kappa shape index (κ2) is 5.25. The van der Waals surface area contributed by atoms with Crippen molar-refractivity contribution < 1.29 is 0 Å². The number of aromatic nitrogens is 4. The van der Waals surface area contributed by atoms with Gasteiger partial charge in [-0.3, -0.25) is 0 Å². The first-order chi connectivity index (χ1) is 10.4. The smallest absolute Gasteiger partial charge is 0.162 e. The van der Waals surface area contributed by atoms with Crippen molar-refractivity contribution in [1.82, 2.24) is 18.7 Å². The lowest BCUT2D eigenvalue weighted by molar-refractivity contribution is 0.649. The first kappa shape index (κ1) is 12.5. The molecule has 0 aliphatic carbocycles. The zero-order chi connectivity index (χ0) is 14.1. The van der Waals surface area contributed by atoms with Crippen LogP contribution in [0.25, 0.3) is 10.9 Å². The van der Waals surface area contributed by atoms with E-state index in [0.717, 1.165) is 42.9 Å². The minimum absolute atomic E-state index is 0.967. The Balaban J connectivity index is 1.52. The summed E-state index contributed by atoms with van der Waals surface area (Å²) in [7, 11) is 0. The third-order valence-electron chi connectivity index (χ3n) is 3.81. The van der Waals surface area contributed by atoms with Gasteiger partial charge in [0.15, 0.2) is 5.82 Å². The number of hydrogen-bond acceptors (Lipinski definition) is 7. The number of benzene rings is 1. The molecule has 1 aromatic carbocycles. The van der Waals surface area contributed by atoms with Crippen LogP contribution in [0.2, 0.25) is 0 Å². The maximum atomic E-state index is 4.30. The predicted molar refractivity (Wildman–Crippen MR) is 83.9 cm³/mol. The van der Waals surface area contributed by atoms with E-state index in [0.29, 0.717) is 0 Å². The van der Waals surface area contributed by atoms with E-state index in [4.69, 9.17) is 0 Å². The highest BCUT2D eigenvalue weighted by Gasteiger charge is 2.19. The van der Waals surface area contributed by atoms with E-state index in [-0.39, 0.29) is 0 Å². The Labute approximate surface area is 126 Å². The molecule has 1 aliphatic rings. The third-order valence-corrected chi connectivity index (χ3v) is 4.28. The lowest BCUT2D eigenvalue weighted by Gasteiger charge is -2.36. The normalized spacial score (nSPS) is 15.6. The fraction of sp³-hybridized carbons (Fsp3) is 0.286. The van der Waals surface area contributed by atoms with E-state index in [9.17, 15) is 0 Å². The number of fused-ring (bicyclic) bond motifs is 1. The van der Waals surface area contributed by atoms with Crippen molar-refractivity contribution >= 4 is 34.1 Å². The molecule has 0 atom stereocenters. The summed E-state index contributed by atoms with van der Waals surface area (Å²) < 4.78 is 8.37. The summed E-state index contributed by atoms with van der Waals surface area (Å²) in [5, 5.41) is 1.08. The van der Waals surface area contributed by atoms with Gasteiger partial charge >= 0.3 is 0 Å². The van der Waals surface area contributed by atoms with Gasteiger partial charge in [0.2, 0.25) is 0 Å². The van der Waals surface area contributed by atoms with Gasteiger partial charge in [0.25, 0.3) is 0 Å². The Morgan fingerprint density at radius 1 is 1.00 bits per heavy atom. The molecule has 1 fully saturated rings. The molecule has 0 unspecified atom stereocenters. The van der Waals surface area contributed by atoms with E-state index >= 15 is 0 Å². The number of nitrogens with zero attached hydrogens (tertiary/aromatic N) is 6. The van der Waals surface area contributed by atoms with Gasteiger partial charge in [0, 0.05) is 43.4 Å². The quantitative estimate of drug-likeness (QED) is 0.719. The SMILES string of the molecule is c1ncc2cc(N3CCN(c4cnsn4)CC3)ccc2n1. The summed E-state index contributed by atoms with van der Waals surface area (Å²) in [4.78, 5) is 13.0. The molecular weight excluding hydrogens is 284 g/mol. The monoisotopic (exact) mass is 298 g/mol. The minimum Gasteiger partial charge on any atom is -0.368 e. The first-order valence-corrected chi connectivity index (χ1v) is 7.60. The average molecular weight is 298 g/mol. The van der Waals surface area contributed by atoms with Crippen LogP contribution in [0.5, 0.6) is 0 Å². The zero-order valence-electron chi connectivity index (χ0n) is 11.4. The molecule has 0 amide bonds. The predicted octanol–water partition coefficient (Wildman–Crippen LogP) is 1.81. The summed E-state index contributed by atoms with van der Waals surface area (Å²) in [5.41, 5.74) is 2.22. The van der Waals surface area contributed by atoms with E-state index in [2.05, 4.69) is 46.7 Å². The van der Waals surface area contributed by atoms with Crippen LogP contribution in [0.15, 0.2) is 36.9 Å². The molecule has 0 radical (unpaired) electrons. The summed E-state index contributed by atoms with van der Waals surface area (Å²) in [6, 6.07) is 6.36. The van der Waals surface area contributed by atoms with Gasteiger partial charge in [-0.05, 0) is 18.2 Å². The van der Waals surface area contributed by atoms with Crippen LogP contribution in [0.3, 0.4) is 0 Å². The summed E-state index contributed by atoms with van der Waals surface area (Å²) in [6.07, 6.45) is 5.29. The molecule has 21 heavy (non-hydrogen) atoms. The highest BCUT2D eigenvalue weighted by atomic mass is 32.1. The van der Waals surface area contributed by atoms with E-state index in [1.807, 2.05) is 12.4 Å². The summed E-state index contributed by atoms with van der Waals surface area (Å²) >= 11 is 1.26. The summed E-state index contributed by atoms with van der Waals surface area (Å²) in [6.45, 7) is 3.90. The molecule has 7 heteroatoms. The Bertz CT molecular complexity index is 736. The van der Waals surface area contributed by atoms with Crippen LogP contribution < -0.4 is 9.80 Å². The Hall–Kier alpha value is -2.28. The average Bonchev–Trinajstić information content (AvgIpc) is 3.09. The van der Waals surface area contributed by atoms with Crippen molar-refractivity contribution in [3.05, 3.63) is 36.9 Å². The standard InChI is InChI=1S/C14H14N6S/c1-2-13-11(8-15-10-16-13)7-12(1)19-3-5-20(6-4-19)14-9-17-21-18-14/h1-2,7-10H,3-6H2. The number of hydrogen-bond donors (Lipinski definition) is 0. The van der Waals surface area contributed by atoms with Crippen LogP contribution in [-0.2, 0) is 0 Å². The molecule has 6 nitrogen and oxygen atoms in total. The molecule has 1 aliphatic heterocycles. The Kier molecular flexibility index (Phi) is 3.11. The zero-order valence-corrected chi connectivity index (χ0v) is 12.2. The van der Waals surface area contributed by atoms with Gasteiger partial charge in [0.1, 0.15) is 6.33 Å². The second-order valence-electron chi connectivity index (χ2n) is 5.01. The number of anilines is 2. The highest BCUT2D eigenvalue weighted by Crippen LogP contribution is 2.22. The van der Waals surface area contributed by atoms with E-state index in [1.54, 1.807) is 6.33 Å². The van der Waals surface area contributed by atoms with Gasteiger partial charge < -0.3 is 9.80 Å². The van der Waals surface area contributed by atoms with Crippen LogP contribution >= 0.6 is 11.7 Å². The van der Waals surface area contributed by atoms with Gasteiger partial charge in [0.05, 0.1) is 23.4 Å². The van der Waals surface area contributed by atoms with Gasteiger partial charge in [-0.2, -0.15) is 8.75 Å². The molecule has 2 aromatic heterocycles. The molecule has 0 N–H and O–H groups in total. The molecule has 4 rings (SSSR count). The Morgan fingerprint density at radius 3 is 2.67 bits per heavy atom. The molecular formula is C14H14N6S. The van der Waals surface area contributed by atoms with E-state index < -0.39 is 0 Å². The largest absolute Gasteiger partial charge is 0.368 e. The van der Waals surface area contributed by atoms with Gasteiger partial charge in [-0.25, -0.2) is 9.97 Å². The molecule has 106 valence electrons. The van der Waals surface area contributed by atoms with Crippen molar-refractivity contribution in [1.29, 1.82) is 0 Å². The van der Waals surface area contributed by atoms with E-state index in [1.165, 1.54) is 17.4 Å². The molecule has 0 bridgehead atoms. The van der Waals surface area contributed by atoms with Gasteiger partial charge in [-0.1, -0.05) is 0 Å². The molecule has 3 aromatic rings. The maximum absolute atomic E-state index is 4.30. The fourth-order valence-corrected chi connectivity index (χ4v) is 3.10. The highest BCUT2D eigenvalue weighted by molar-refractivity contribution is 6.99. The molecule has 1 saturated heterocycles. The van der Waals surface area contributed by atoms with Crippen molar-refractivity contribution in [3.63, 3.8) is 0 Å². The Morgan fingerprint density at radius 2 is 1.86 bits per heavy atom. The number of piperazine rings is 1. The van der Waals surface area contributed by atoms with Crippen molar-refractivity contribution in [2.45, 2.75) is 0 Å². The van der Waals surface area contributed by atoms with Crippen molar-refractivity contribution in [2.24, 2.45) is 0 Å². The van der Waals surface area contributed by atoms with Crippen molar-refractivity contribution in [2.75, 3.05) is 36.0 Å². The fourth-order valence-electron chi connectivity index (χ4n) is 2.66. The van der Waals surface area contributed by atoms with Crippen molar-refractivity contribution in [3.8, 4) is 0 Å². The third kappa shape index (κ3) is 2.40. The lowest BCUT2D eigenvalue weighted by Crippen LogP contribution is -2.46. The topological polar surface area (TPSA) is 58.0 Å². The maximum Gasteiger partial charge on any atom is 0.162 e. The molecule has 0 saturated carbocycles. The van der Waals surface area contributed by atoms with Crippen LogP contribution in [0.4, 0.5) is 11.5 Å². The van der Waals surface area contributed by atoms with Crippen LogP contribution in [-0.4, -0.2) is 44.9 Å². The van der Waals surface area contributed by atoms with Crippen LogP contribution in [0.1, 0.15) is 0 Å². The minimum atomic E-state index is 0.967. The van der Waals surface area contributed by atoms with Gasteiger partial charge in [-0.15, -0.1) is 0 Å². The molecule has 3 heterocycles. The van der Waals surface area contributed by atoms with Crippen LogP contribution in [0, 0.1) is 0 Å². The summed E-state index contributed by atoms with van der Waals surface area (Å²) in [5.74, 6) is 0.992. The number of rotatable bonds is 2. The first-order valence-electron chi connectivity index (χ1n) is 6.87. The lowest BCUT2D eigenvalue weighted by atomic mass is 10.2. The second-order valence-corrected chi connectivity index (χ2v) is 5.56. The molecule has 0 spiro atoms.